The summed E-state index contributed by atoms with van der Waals surface area (Å²) in [5.74, 6) is 0.949. The number of rotatable bonds is 4. The zero-order valence-electron chi connectivity index (χ0n) is 16.7. The quantitative estimate of drug-likeness (QED) is 0.556. The molecule has 1 aromatic carbocycles. The van der Waals surface area contributed by atoms with E-state index in [0.29, 0.717) is 34.5 Å². The average molecular weight is 445 g/mol. The molecule has 1 saturated heterocycles. The summed E-state index contributed by atoms with van der Waals surface area (Å²) in [4.78, 5) is 27.5. The fourth-order valence-electron chi connectivity index (χ4n) is 3.46. The number of hydrogen-bond donors (Lipinski definition) is 0. The van der Waals surface area contributed by atoms with Crippen molar-refractivity contribution in [2.75, 3.05) is 6.54 Å². The van der Waals surface area contributed by atoms with E-state index in [1.807, 2.05) is 24.6 Å². The van der Waals surface area contributed by atoms with Gasteiger partial charge in [0.05, 0.1) is 17.1 Å². The molecule has 3 aromatic rings. The predicted octanol–water partition coefficient (Wildman–Crippen LogP) is 4.35. The largest absolute Gasteiger partial charge is 0.469 e. The molecular formula is C21H21ClN4O3S. The molecule has 1 atom stereocenters. The minimum Gasteiger partial charge on any atom is -0.469 e. The van der Waals surface area contributed by atoms with Gasteiger partial charge >= 0.3 is 0 Å². The third-order valence-electron chi connectivity index (χ3n) is 5.16. The lowest BCUT2D eigenvalue weighted by atomic mass is 10.2. The van der Waals surface area contributed by atoms with Crippen molar-refractivity contribution in [1.82, 2.24) is 19.7 Å². The molecule has 0 aliphatic carbocycles. The number of benzene rings is 1. The number of imide groups is 1. The van der Waals surface area contributed by atoms with Crippen LogP contribution in [0.5, 0.6) is 0 Å². The normalized spacial score (nSPS) is 17.2. The van der Waals surface area contributed by atoms with Crippen molar-refractivity contribution in [2.24, 2.45) is 7.05 Å². The van der Waals surface area contributed by atoms with Gasteiger partial charge in [-0.1, -0.05) is 29.8 Å². The van der Waals surface area contributed by atoms with Crippen LogP contribution in [0.4, 0.5) is 0 Å². The van der Waals surface area contributed by atoms with Crippen LogP contribution in [0.3, 0.4) is 0 Å². The van der Waals surface area contributed by atoms with E-state index in [1.165, 1.54) is 16.7 Å². The maximum Gasteiger partial charge on any atom is 0.260 e. The van der Waals surface area contributed by atoms with Crippen LogP contribution in [0.15, 0.2) is 46.2 Å². The Kier molecular flexibility index (Phi) is 5.97. The Hall–Kier alpha value is -2.58. The molecule has 4 rings (SSSR count). The maximum absolute atomic E-state index is 13.2. The molecule has 9 heteroatoms. The van der Waals surface area contributed by atoms with E-state index in [-0.39, 0.29) is 11.8 Å². The first-order valence-corrected chi connectivity index (χ1v) is 10.9. The maximum atomic E-state index is 13.2. The van der Waals surface area contributed by atoms with Crippen molar-refractivity contribution >= 4 is 35.2 Å². The first-order valence-electron chi connectivity index (χ1n) is 9.67. The van der Waals surface area contributed by atoms with E-state index in [1.54, 1.807) is 30.5 Å². The standard InChI is InChI=1S/C21H21ClN4O3S/c1-13-16(10-12-29-13)18-23-24-21(25(18)2)30-17-5-3-4-11-26(20(17)28)19(27)14-6-8-15(22)9-7-14/h6-10,12,17H,3-5,11H2,1-2H3/t17-/m1/s1. The van der Waals surface area contributed by atoms with Crippen molar-refractivity contribution in [2.45, 2.75) is 36.6 Å². The SMILES string of the molecule is Cc1occc1-c1nnc(S[C@@H]2CCCCN(C(=O)c3ccc(Cl)cc3)C2=O)n1C. The van der Waals surface area contributed by atoms with Gasteiger partial charge in [-0.25, -0.2) is 0 Å². The Morgan fingerprint density at radius 3 is 2.67 bits per heavy atom. The zero-order chi connectivity index (χ0) is 21.3. The van der Waals surface area contributed by atoms with E-state index < -0.39 is 5.25 Å². The smallest absolute Gasteiger partial charge is 0.260 e. The van der Waals surface area contributed by atoms with Gasteiger partial charge in [0.15, 0.2) is 11.0 Å². The van der Waals surface area contributed by atoms with Crippen LogP contribution in [0, 0.1) is 6.92 Å². The lowest BCUT2D eigenvalue weighted by Crippen LogP contribution is -2.41. The highest BCUT2D eigenvalue weighted by molar-refractivity contribution is 8.00. The molecule has 30 heavy (non-hydrogen) atoms. The number of hydrogen-bond acceptors (Lipinski definition) is 6. The second-order valence-electron chi connectivity index (χ2n) is 7.16. The predicted molar refractivity (Wildman–Crippen MR) is 114 cm³/mol. The minimum absolute atomic E-state index is 0.193. The van der Waals surface area contributed by atoms with Crippen LogP contribution in [0.1, 0.15) is 35.4 Å². The van der Waals surface area contributed by atoms with E-state index in [0.717, 1.165) is 24.2 Å². The number of halogens is 1. The number of aryl methyl sites for hydroxylation is 1. The second-order valence-corrected chi connectivity index (χ2v) is 8.77. The molecule has 2 amide bonds. The Labute approximate surface area is 183 Å². The van der Waals surface area contributed by atoms with Crippen LogP contribution in [-0.4, -0.2) is 43.3 Å². The minimum atomic E-state index is -0.398. The van der Waals surface area contributed by atoms with E-state index in [2.05, 4.69) is 10.2 Å². The summed E-state index contributed by atoms with van der Waals surface area (Å²) in [6.45, 7) is 2.28. The van der Waals surface area contributed by atoms with Gasteiger partial charge in [-0.3, -0.25) is 14.5 Å². The Balaban J connectivity index is 1.55. The first kappa shape index (κ1) is 20.7. The van der Waals surface area contributed by atoms with Gasteiger partial charge in [0, 0.05) is 24.2 Å². The number of nitrogens with zero attached hydrogens (tertiary/aromatic N) is 4. The highest BCUT2D eigenvalue weighted by Gasteiger charge is 2.33. The van der Waals surface area contributed by atoms with E-state index >= 15 is 0 Å². The molecule has 0 bridgehead atoms. The molecule has 0 unspecified atom stereocenters. The lowest BCUT2D eigenvalue weighted by Gasteiger charge is -2.22. The number of carbonyl (C=O) groups excluding carboxylic acids is 2. The third-order valence-corrected chi connectivity index (χ3v) is 6.70. The van der Waals surface area contributed by atoms with Crippen molar-refractivity contribution in [3.63, 3.8) is 0 Å². The van der Waals surface area contributed by atoms with Gasteiger partial charge in [-0.2, -0.15) is 0 Å². The van der Waals surface area contributed by atoms with Crippen LogP contribution >= 0.6 is 23.4 Å². The highest BCUT2D eigenvalue weighted by Crippen LogP contribution is 2.32. The Morgan fingerprint density at radius 2 is 1.97 bits per heavy atom. The van der Waals surface area contributed by atoms with Gasteiger partial charge in [0.25, 0.3) is 5.91 Å². The summed E-state index contributed by atoms with van der Waals surface area (Å²) < 4.78 is 7.22. The number of carbonyl (C=O) groups is 2. The van der Waals surface area contributed by atoms with Crippen LogP contribution < -0.4 is 0 Å². The number of likely N-dealkylation sites (tertiary alicyclic amines) is 1. The summed E-state index contributed by atoms with van der Waals surface area (Å²) in [6.07, 6.45) is 3.93. The zero-order valence-corrected chi connectivity index (χ0v) is 18.2. The molecule has 1 fully saturated rings. The molecule has 0 saturated carbocycles. The third kappa shape index (κ3) is 4.02. The molecule has 0 radical (unpaired) electrons. The van der Waals surface area contributed by atoms with Gasteiger partial charge < -0.3 is 8.98 Å². The number of furan rings is 1. The molecule has 1 aliphatic heterocycles. The van der Waals surface area contributed by atoms with Crippen molar-refractivity contribution in [3.05, 3.63) is 52.9 Å². The van der Waals surface area contributed by atoms with Gasteiger partial charge in [-0.15, -0.1) is 10.2 Å². The lowest BCUT2D eigenvalue weighted by molar-refractivity contribution is -0.127. The second kappa shape index (κ2) is 8.65. The summed E-state index contributed by atoms with van der Waals surface area (Å²) in [7, 11) is 1.86. The van der Waals surface area contributed by atoms with E-state index in [4.69, 9.17) is 16.0 Å². The van der Waals surface area contributed by atoms with Gasteiger partial charge in [-0.05, 0) is 50.1 Å². The molecule has 1 aliphatic rings. The first-order chi connectivity index (χ1) is 14.5. The molecular weight excluding hydrogens is 424 g/mol. The van der Waals surface area contributed by atoms with Crippen LogP contribution in [0.2, 0.25) is 5.02 Å². The summed E-state index contributed by atoms with van der Waals surface area (Å²) in [5.41, 5.74) is 1.32. The van der Waals surface area contributed by atoms with Crippen molar-refractivity contribution < 1.29 is 14.0 Å². The van der Waals surface area contributed by atoms with Crippen LogP contribution in [0.25, 0.3) is 11.4 Å². The summed E-state index contributed by atoms with van der Waals surface area (Å²) >= 11 is 7.27. The fraction of sp³-hybridized carbons (Fsp3) is 0.333. The number of thioether (sulfide) groups is 1. The highest BCUT2D eigenvalue weighted by atomic mass is 35.5. The number of aromatic nitrogens is 3. The molecule has 3 heterocycles. The fourth-order valence-corrected chi connectivity index (χ4v) is 4.69. The summed E-state index contributed by atoms with van der Waals surface area (Å²) in [5, 5.41) is 9.32. The van der Waals surface area contributed by atoms with Crippen LogP contribution in [-0.2, 0) is 11.8 Å². The molecule has 0 N–H and O–H groups in total. The molecule has 2 aromatic heterocycles. The van der Waals surface area contributed by atoms with Gasteiger partial charge in [0.1, 0.15) is 5.76 Å². The Morgan fingerprint density at radius 1 is 1.20 bits per heavy atom. The topological polar surface area (TPSA) is 81.2 Å². The van der Waals surface area contributed by atoms with Gasteiger partial charge in [0.2, 0.25) is 5.91 Å². The van der Waals surface area contributed by atoms with Crippen molar-refractivity contribution in [3.8, 4) is 11.4 Å². The monoisotopic (exact) mass is 444 g/mol. The molecule has 156 valence electrons. The Bertz CT molecular complexity index is 1080. The van der Waals surface area contributed by atoms with Crippen molar-refractivity contribution in [1.29, 1.82) is 0 Å². The van der Waals surface area contributed by atoms with E-state index in [9.17, 15) is 9.59 Å². The summed E-state index contributed by atoms with van der Waals surface area (Å²) in [6, 6.07) is 8.45. The molecule has 0 spiro atoms. The molecule has 7 nitrogen and oxygen atoms in total. The average Bonchev–Trinajstić information content (AvgIpc) is 3.26. The number of amides is 2.